The largest absolute Gasteiger partial charge is 0.397 e. The molecule has 0 saturated heterocycles. The summed E-state index contributed by atoms with van der Waals surface area (Å²) in [5, 5.41) is 7.57. The summed E-state index contributed by atoms with van der Waals surface area (Å²) in [7, 11) is 3.25. The van der Waals surface area contributed by atoms with Gasteiger partial charge in [-0.3, -0.25) is 4.79 Å². The minimum atomic E-state index is 0.250. The van der Waals surface area contributed by atoms with Crippen molar-refractivity contribution < 1.29 is 14.6 Å². The SMILES string of the molecule is C=C/C(C=O)=C(C)/C=C\C.CCO.COC. The topological polar surface area (TPSA) is 46.5 Å². The van der Waals surface area contributed by atoms with Crippen molar-refractivity contribution >= 4 is 6.29 Å². The monoisotopic (exact) mass is 228 g/mol. The van der Waals surface area contributed by atoms with Crippen LogP contribution in [0.15, 0.2) is 36.0 Å². The maximum Gasteiger partial charge on any atom is 0.150 e. The van der Waals surface area contributed by atoms with Gasteiger partial charge in [0.15, 0.2) is 0 Å². The second-order valence-corrected chi connectivity index (χ2v) is 2.68. The van der Waals surface area contributed by atoms with E-state index < -0.39 is 0 Å². The highest BCUT2D eigenvalue weighted by Gasteiger charge is 1.90. The Morgan fingerprint density at radius 3 is 2.00 bits per heavy atom. The number of hydrogen-bond acceptors (Lipinski definition) is 3. The molecule has 0 atom stereocenters. The highest BCUT2D eigenvalue weighted by molar-refractivity contribution is 5.79. The molecule has 0 saturated carbocycles. The fourth-order valence-electron chi connectivity index (χ4n) is 0.648. The third kappa shape index (κ3) is 18.6. The van der Waals surface area contributed by atoms with Gasteiger partial charge in [0.05, 0.1) is 0 Å². The van der Waals surface area contributed by atoms with Gasteiger partial charge in [-0.15, -0.1) is 0 Å². The lowest BCUT2D eigenvalue weighted by atomic mass is 10.1. The molecule has 0 rings (SSSR count). The molecule has 0 aliphatic carbocycles. The summed E-state index contributed by atoms with van der Waals surface area (Å²) in [6, 6.07) is 0. The van der Waals surface area contributed by atoms with Gasteiger partial charge in [0.25, 0.3) is 0 Å². The molecule has 0 radical (unpaired) electrons. The van der Waals surface area contributed by atoms with Crippen molar-refractivity contribution in [1.82, 2.24) is 0 Å². The lowest BCUT2D eigenvalue weighted by Crippen LogP contribution is -1.82. The van der Waals surface area contributed by atoms with Crippen LogP contribution in [0, 0.1) is 0 Å². The number of methoxy groups -OCH3 is 1. The molecule has 0 aromatic carbocycles. The lowest BCUT2D eigenvalue weighted by molar-refractivity contribution is -0.104. The molecule has 0 spiro atoms. The lowest BCUT2D eigenvalue weighted by Gasteiger charge is -1.92. The minimum Gasteiger partial charge on any atom is -0.397 e. The van der Waals surface area contributed by atoms with Crippen molar-refractivity contribution in [3.8, 4) is 0 Å². The van der Waals surface area contributed by atoms with E-state index in [1.807, 2.05) is 26.0 Å². The molecular weight excluding hydrogens is 204 g/mol. The predicted octanol–water partition coefficient (Wildman–Crippen LogP) is 2.53. The number of aliphatic hydroxyl groups is 1. The summed E-state index contributed by atoms with van der Waals surface area (Å²) >= 11 is 0. The van der Waals surface area contributed by atoms with Gasteiger partial charge in [0.1, 0.15) is 6.29 Å². The molecule has 0 bridgehead atoms. The Morgan fingerprint density at radius 2 is 1.81 bits per heavy atom. The first kappa shape index (κ1) is 20.3. The molecule has 16 heavy (non-hydrogen) atoms. The highest BCUT2D eigenvalue weighted by Crippen LogP contribution is 2.03. The quantitative estimate of drug-likeness (QED) is 0.458. The van der Waals surface area contributed by atoms with Crippen LogP contribution in [0.5, 0.6) is 0 Å². The van der Waals surface area contributed by atoms with Crippen LogP contribution in [0.2, 0.25) is 0 Å². The Balaban J connectivity index is -0.000000235. The van der Waals surface area contributed by atoms with Crippen LogP contribution in [-0.2, 0) is 9.53 Å². The van der Waals surface area contributed by atoms with Gasteiger partial charge in [0.2, 0.25) is 0 Å². The standard InChI is InChI=1S/C9H12O.2C2H6O/c1-4-6-8(3)9(5-2)7-10;1-3-2;1-2-3/h4-7H,2H2,1,3H3;1-2H3;3H,2H2,1H3/b6-4-,9-8-;;. The van der Waals surface area contributed by atoms with Gasteiger partial charge in [-0.1, -0.05) is 24.8 Å². The van der Waals surface area contributed by atoms with Crippen LogP contribution in [0.1, 0.15) is 20.8 Å². The van der Waals surface area contributed by atoms with Crippen molar-refractivity contribution in [2.24, 2.45) is 0 Å². The second kappa shape index (κ2) is 19.4. The average Bonchev–Trinajstić information content (AvgIpc) is 2.22. The van der Waals surface area contributed by atoms with E-state index in [9.17, 15) is 4.79 Å². The summed E-state index contributed by atoms with van der Waals surface area (Å²) in [5.41, 5.74) is 1.60. The van der Waals surface area contributed by atoms with Crippen molar-refractivity contribution in [3.63, 3.8) is 0 Å². The van der Waals surface area contributed by atoms with Crippen LogP contribution in [-0.4, -0.2) is 32.2 Å². The molecular formula is C13H24O3. The van der Waals surface area contributed by atoms with E-state index in [1.54, 1.807) is 27.2 Å². The zero-order valence-corrected chi connectivity index (χ0v) is 11.0. The molecule has 0 unspecified atom stereocenters. The van der Waals surface area contributed by atoms with E-state index in [2.05, 4.69) is 11.3 Å². The van der Waals surface area contributed by atoms with E-state index in [4.69, 9.17) is 5.11 Å². The summed E-state index contributed by atoms with van der Waals surface area (Å²) in [5.74, 6) is 0. The molecule has 3 nitrogen and oxygen atoms in total. The van der Waals surface area contributed by atoms with Gasteiger partial charge in [0, 0.05) is 26.4 Å². The molecule has 0 heterocycles. The number of rotatable bonds is 3. The van der Waals surface area contributed by atoms with Crippen LogP contribution in [0.25, 0.3) is 0 Å². The van der Waals surface area contributed by atoms with E-state index in [0.29, 0.717) is 5.57 Å². The van der Waals surface area contributed by atoms with Crippen molar-refractivity contribution in [2.45, 2.75) is 20.8 Å². The van der Waals surface area contributed by atoms with Gasteiger partial charge < -0.3 is 9.84 Å². The smallest absolute Gasteiger partial charge is 0.150 e. The second-order valence-electron chi connectivity index (χ2n) is 2.68. The Hall–Kier alpha value is -1.19. The molecule has 0 aromatic rings. The number of aldehydes is 1. The van der Waals surface area contributed by atoms with Crippen molar-refractivity contribution in [2.75, 3.05) is 20.8 Å². The van der Waals surface area contributed by atoms with E-state index in [-0.39, 0.29) is 6.61 Å². The van der Waals surface area contributed by atoms with E-state index in [0.717, 1.165) is 11.9 Å². The molecule has 0 fully saturated rings. The summed E-state index contributed by atoms with van der Waals surface area (Å²) < 4.78 is 4.25. The number of hydrogen-bond donors (Lipinski definition) is 1. The predicted molar refractivity (Wildman–Crippen MR) is 69.5 cm³/mol. The first-order valence-electron chi connectivity index (χ1n) is 5.01. The number of aliphatic hydroxyl groups excluding tert-OH is 1. The Bertz CT molecular complexity index is 203. The Morgan fingerprint density at radius 1 is 1.44 bits per heavy atom. The Labute approximate surface area is 99.1 Å². The van der Waals surface area contributed by atoms with Crippen LogP contribution >= 0.6 is 0 Å². The fourth-order valence-corrected chi connectivity index (χ4v) is 0.648. The fraction of sp³-hybridized carbons (Fsp3) is 0.462. The maximum absolute atomic E-state index is 10.3. The van der Waals surface area contributed by atoms with Gasteiger partial charge in [-0.2, -0.15) is 0 Å². The number of carbonyl (C=O) groups excluding carboxylic acids is 1. The number of allylic oxidation sites excluding steroid dienone is 5. The molecule has 0 aliphatic rings. The normalized spacial score (nSPS) is 10.4. The first-order valence-corrected chi connectivity index (χ1v) is 5.01. The molecule has 3 heteroatoms. The number of carbonyl (C=O) groups is 1. The number of ether oxygens (including phenoxy) is 1. The summed E-state index contributed by atoms with van der Waals surface area (Å²) in [6.45, 7) is 9.23. The first-order chi connectivity index (χ1) is 7.59. The average molecular weight is 228 g/mol. The summed E-state index contributed by atoms with van der Waals surface area (Å²) in [4.78, 5) is 10.3. The van der Waals surface area contributed by atoms with Crippen molar-refractivity contribution in [3.05, 3.63) is 36.0 Å². The molecule has 0 aliphatic heterocycles. The molecule has 94 valence electrons. The van der Waals surface area contributed by atoms with Crippen molar-refractivity contribution in [1.29, 1.82) is 0 Å². The highest BCUT2D eigenvalue weighted by atomic mass is 16.4. The molecule has 0 aromatic heterocycles. The zero-order chi connectivity index (χ0) is 13.4. The maximum atomic E-state index is 10.3. The van der Waals surface area contributed by atoms with Gasteiger partial charge >= 0.3 is 0 Å². The van der Waals surface area contributed by atoms with Crippen LogP contribution in [0.4, 0.5) is 0 Å². The van der Waals surface area contributed by atoms with Gasteiger partial charge in [-0.05, 0) is 26.3 Å². The van der Waals surface area contributed by atoms with E-state index >= 15 is 0 Å². The molecule has 1 N–H and O–H groups in total. The zero-order valence-electron chi connectivity index (χ0n) is 11.0. The third-order valence-electron chi connectivity index (χ3n) is 1.22. The molecule has 0 amide bonds. The summed E-state index contributed by atoms with van der Waals surface area (Å²) in [6.07, 6.45) is 6.14. The van der Waals surface area contributed by atoms with E-state index in [1.165, 1.54) is 0 Å². The van der Waals surface area contributed by atoms with Crippen LogP contribution in [0.3, 0.4) is 0 Å². The minimum absolute atomic E-state index is 0.250. The third-order valence-corrected chi connectivity index (χ3v) is 1.22. The van der Waals surface area contributed by atoms with Crippen LogP contribution < -0.4 is 0 Å². The van der Waals surface area contributed by atoms with Gasteiger partial charge in [-0.25, -0.2) is 0 Å². The Kier molecular flexibility index (Phi) is 24.5.